The van der Waals surface area contributed by atoms with Crippen LogP contribution in [0.15, 0.2) is 41.3 Å². The van der Waals surface area contributed by atoms with Gasteiger partial charge in [-0.15, -0.1) is 0 Å². The highest BCUT2D eigenvalue weighted by atomic mass is 32.2. The van der Waals surface area contributed by atoms with Crippen molar-refractivity contribution in [1.29, 1.82) is 0 Å². The van der Waals surface area contributed by atoms with Gasteiger partial charge in [-0.05, 0) is 49.6 Å². The Hall–Kier alpha value is -2.33. The van der Waals surface area contributed by atoms with Crippen LogP contribution in [0.5, 0.6) is 0 Å². The summed E-state index contributed by atoms with van der Waals surface area (Å²) >= 11 is 0. The highest BCUT2D eigenvalue weighted by molar-refractivity contribution is 7.89. The Morgan fingerprint density at radius 3 is 2.07 bits per heavy atom. The molecule has 0 spiro atoms. The van der Waals surface area contributed by atoms with Crippen LogP contribution in [-0.4, -0.2) is 36.2 Å². The number of aliphatic hydroxyl groups is 2. The quantitative estimate of drug-likeness (QED) is 0.486. The van der Waals surface area contributed by atoms with Crippen molar-refractivity contribution in [2.24, 2.45) is 0 Å². The molecular formula is C18H22N2O6S. The number of aliphatic hydroxyl groups excluding tert-OH is 2. The molecule has 2 rings (SSSR count). The van der Waals surface area contributed by atoms with Gasteiger partial charge < -0.3 is 10.2 Å². The van der Waals surface area contributed by atoms with E-state index in [0.29, 0.717) is 11.1 Å². The predicted molar refractivity (Wildman–Crippen MR) is 99.9 cm³/mol. The zero-order chi connectivity index (χ0) is 20.4. The van der Waals surface area contributed by atoms with Gasteiger partial charge in [0, 0.05) is 12.1 Å². The van der Waals surface area contributed by atoms with E-state index in [0.717, 1.165) is 5.56 Å². The van der Waals surface area contributed by atoms with Crippen molar-refractivity contribution in [3.05, 3.63) is 68.8 Å². The lowest BCUT2D eigenvalue weighted by Gasteiger charge is -2.23. The van der Waals surface area contributed by atoms with E-state index in [2.05, 4.69) is 4.72 Å². The molecule has 27 heavy (non-hydrogen) atoms. The van der Waals surface area contributed by atoms with Crippen LogP contribution in [0, 0.1) is 30.9 Å². The Morgan fingerprint density at radius 1 is 1.11 bits per heavy atom. The predicted octanol–water partition coefficient (Wildman–Crippen LogP) is 1.89. The van der Waals surface area contributed by atoms with Crippen LogP contribution in [0.3, 0.4) is 0 Å². The monoisotopic (exact) mass is 394 g/mol. The van der Waals surface area contributed by atoms with Crippen molar-refractivity contribution in [1.82, 2.24) is 4.72 Å². The maximum absolute atomic E-state index is 12.8. The Labute approximate surface area is 157 Å². The Balaban J connectivity index is 2.31. The molecule has 0 saturated carbocycles. The lowest BCUT2D eigenvalue weighted by Crippen LogP contribution is -2.42. The fourth-order valence-electron chi connectivity index (χ4n) is 3.08. The molecule has 0 saturated heterocycles. The third-order valence-corrected chi connectivity index (χ3v) is 6.00. The van der Waals surface area contributed by atoms with Gasteiger partial charge in [0.05, 0.1) is 28.6 Å². The van der Waals surface area contributed by atoms with E-state index >= 15 is 0 Å². The lowest BCUT2D eigenvalue weighted by molar-refractivity contribution is -0.384. The molecule has 0 aliphatic carbocycles. The summed E-state index contributed by atoms with van der Waals surface area (Å²) < 4.78 is 28.0. The number of hydrogen-bond acceptors (Lipinski definition) is 6. The third kappa shape index (κ3) is 4.69. The summed E-state index contributed by atoms with van der Waals surface area (Å²) in [6, 6.07) is 7.32. The number of aryl methyl sites for hydroxylation is 3. The van der Waals surface area contributed by atoms with Crippen LogP contribution in [0.25, 0.3) is 0 Å². The van der Waals surface area contributed by atoms with Gasteiger partial charge in [0.2, 0.25) is 10.0 Å². The van der Waals surface area contributed by atoms with Crippen LogP contribution in [0.2, 0.25) is 0 Å². The minimum Gasteiger partial charge on any atom is -0.395 e. The Bertz CT molecular complexity index is 918. The van der Waals surface area contributed by atoms with Gasteiger partial charge >= 0.3 is 0 Å². The van der Waals surface area contributed by atoms with Gasteiger partial charge in [-0.25, -0.2) is 13.1 Å². The zero-order valence-corrected chi connectivity index (χ0v) is 16.0. The number of benzene rings is 2. The number of nitro benzene ring substituents is 1. The second kappa shape index (κ2) is 8.13. The lowest BCUT2D eigenvalue weighted by atomic mass is 10.0. The number of rotatable bonds is 7. The number of nitrogens with zero attached hydrogens (tertiary/aromatic N) is 1. The van der Waals surface area contributed by atoms with Gasteiger partial charge in [-0.3, -0.25) is 10.1 Å². The molecule has 9 heteroatoms. The number of nitrogens with one attached hydrogen (secondary N) is 1. The van der Waals surface area contributed by atoms with E-state index in [1.54, 1.807) is 26.0 Å². The maximum Gasteiger partial charge on any atom is 0.269 e. The summed E-state index contributed by atoms with van der Waals surface area (Å²) in [4.78, 5) is 10.2. The van der Waals surface area contributed by atoms with Gasteiger partial charge in [-0.1, -0.05) is 17.7 Å². The molecule has 3 N–H and O–H groups in total. The van der Waals surface area contributed by atoms with Gasteiger partial charge in [0.25, 0.3) is 5.69 Å². The van der Waals surface area contributed by atoms with E-state index in [-0.39, 0.29) is 16.1 Å². The maximum atomic E-state index is 12.8. The van der Waals surface area contributed by atoms with Crippen molar-refractivity contribution >= 4 is 15.7 Å². The number of hydrogen-bond donors (Lipinski definition) is 3. The van der Waals surface area contributed by atoms with Crippen molar-refractivity contribution < 1.29 is 23.6 Å². The molecular weight excluding hydrogens is 372 g/mol. The molecule has 0 aliphatic heterocycles. The first-order chi connectivity index (χ1) is 12.6. The molecule has 8 nitrogen and oxygen atoms in total. The van der Waals surface area contributed by atoms with Crippen molar-refractivity contribution in [3.8, 4) is 0 Å². The zero-order valence-electron chi connectivity index (χ0n) is 15.2. The normalized spacial score (nSPS) is 14.0. The van der Waals surface area contributed by atoms with E-state index in [1.807, 2.05) is 6.92 Å². The SMILES string of the molecule is Cc1cc(C)c(S(=O)(=O)N[C@H](CO)[C@H](O)c2ccc([N+](=O)[O-])cc2)c(C)c1. The first kappa shape index (κ1) is 21.0. The van der Waals surface area contributed by atoms with Crippen LogP contribution in [0.1, 0.15) is 28.4 Å². The summed E-state index contributed by atoms with van der Waals surface area (Å²) in [5.41, 5.74) is 2.13. The first-order valence-electron chi connectivity index (χ1n) is 8.20. The van der Waals surface area contributed by atoms with E-state index in [4.69, 9.17) is 0 Å². The summed E-state index contributed by atoms with van der Waals surface area (Å²) in [6.07, 6.45) is -1.38. The molecule has 0 bridgehead atoms. The van der Waals surface area contributed by atoms with Crippen LogP contribution in [0.4, 0.5) is 5.69 Å². The number of sulfonamides is 1. The fraction of sp³-hybridized carbons (Fsp3) is 0.333. The average Bonchev–Trinajstić information content (AvgIpc) is 2.58. The van der Waals surface area contributed by atoms with E-state index in [9.17, 15) is 28.7 Å². The van der Waals surface area contributed by atoms with Gasteiger partial charge in [-0.2, -0.15) is 0 Å². The van der Waals surface area contributed by atoms with Crippen molar-refractivity contribution in [3.63, 3.8) is 0 Å². The smallest absolute Gasteiger partial charge is 0.269 e. The minimum atomic E-state index is -4.00. The summed E-state index contributed by atoms with van der Waals surface area (Å²) in [5.74, 6) is 0. The van der Waals surface area contributed by atoms with Gasteiger partial charge in [0.1, 0.15) is 0 Å². The molecule has 0 aromatic heterocycles. The average molecular weight is 394 g/mol. The summed E-state index contributed by atoms with van der Waals surface area (Å²) in [7, 11) is -4.00. The minimum absolute atomic E-state index is 0.0995. The molecule has 2 aromatic carbocycles. The highest BCUT2D eigenvalue weighted by Gasteiger charge is 2.28. The second-order valence-electron chi connectivity index (χ2n) is 6.43. The summed E-state index contributed by atoms with van der Waals surface area (Å²) in [5, 5.41) is 30.8. The molecule has 2 atom stereocenters. The summed E-state index contributed by atoms with van der Waals surface area (Å²) in [6.45, 7) is 4.56. The molecule has 0 amide bonds. The molecule has 0 fully saturated rings. The van der Waals surface area contributed by atoms with Crippen LogP contribution < -0.4 is 4.72 Å². The third-order valence-electron chi connectivity index (χ3n) is 4.20. The molecule has 0 aliphatic rings. The standard InChI is InChI=1S/C18H22N2O6S/c1-11-8-12(2)18(13(3)9-11)27(25,26)19-16(10-21)17(22)14-4-6-15(7-5-14)20(23)24/h4-9,16-17,19,21-22H,10H2,1-3H3/t16-,17-/m1/s1. The van der Waals surface area contributed by atoms with E-state index < -0.39 is 33.7 Å². The molecule has 0 unspecified atom stereocenters. The van der Waals surface area contributed by atoms with Gasteiger partial charge in [0.15, 0.2) is 0 Å². The van der Waals surface area contributed by atoms with Crippen molar-refractivity contribution in [2.75, 3.05) is 6.61 Å². The first-order valence-corrected chi connectivity index (χ1v) is 9.68. The molecule has 146 valence electrons. The number of nitro groups is 1. The Morgan fingerprint density at radius 2 is 1.63 bits per heavy atom. The number of non-ortho nitro benzene ring substituents is 1. The topological polar surface area (TPSA) is 130 Å². The fourth-order valence-corrected chi connectivity index (χ4v) is 4.76. The molecule has 2 aromatic rings. The second-order valence-corrected chi connectivity index (χ2v) is 8.08. The highest BCUT2D eigenvalue weighted by Crippen LogP contribution is 2.25. The largest absolute Gasteiger partial charge is 0.395 e. The molecule has 0 radical (unpaired) electrons. The van der Waals surface area contributed by atoms with Crippen LogP contribution in [-0.2, 0) is 10.0 Å². The molecule has 0 heterocycles. The Kier molecular flexibility index (Phi) is 6.32. The van der Waals surface area contributed by atoms with E-state index in [1.165, 1.54) is 24.3 Å². The van der Waals surface area contributed by atoms with Crippen LogP contribution >= 0.6 is 0 Å². The van der Waals surface area contributed by atoms with Crippen molar-refractivity contribution in [2.45, 2.75) is 37.8 Å².